The summed E-state index contributed by atoms with van der Waals surface area (Å²) in [5.41, 5.74) is -0.478. The SMILES string of the molecule is COc1cc(C(=O)Nc2c(Cl)cc3ccnn3c2C(=O)NCC(F)(F)F)n(-c2ncccc2Cl)n1. The van der Waals surface area contributed by atoms with Crippen molar-refractivity contribution >= 4 is 46.2 Å². The van der Waals surface area contributed by atoms with Crippen molar-refractivity contribution in [3.05, 3.63) is 64.2 Å². The number of fused-ring (bicyclic) bond motifs is 1. The van der Waals surface area contributed by atoms with Crippen LogP contribution in [0.2, 0.25) is 10.0 Å². The number of amides is 2. The highest BCUT2D eigenvalue weighted by molar-refractivity contribution is 6.35. The zero-order valence-electron chi connectivity index (χ0n) is 17.6. The molecule has 0 fully saturated rings. The molecular formula is C20H14Cl2F3N7O3. The first kappa shape index (κ1) is 24.3. The van der Waals surface area contributed by atoms with E-state index in [4.69, 9.17) is 27.9 Å². The Morgan fingerprint density at radius 2 is 1.89 bits per heavy atom. The second-order valence-electron chi connectivity index (χ2n) is 6.93. The van der Waals surface area contributed by atoms with E-state index in [0.29, 0.717) is 5.52 Å². The quantitative estimate of drug-likeness (QED) is 0.394. The minimum atomic E-state index is -4.66. The highest BCUT2D eigenvalue weighted by Crippen LogP contribution is 2.30. The highest BCUT2D eigenvalue weighted by Gasteiger charge is 2.30. The van der Waals surface area contributed by atoms with Gasteiger partial charge >= 0.3 is 6.18 Å². The Labute approximate surface area is 204 Å². The van der Waals surface area contributed by atoms with Gasteiger partial charge < -0.3 is 15.4 Å². The largest absolute Gasteiger partial charge is 0.480 e. The molecule has 0 saturated heterocycles. The number of carbonyl (C=O) groups is 2. The van der Waals surface area contributed by atoms with Crippen LogP contribution in [0.4, 0.5) is 18.9 Å². The molecule has 2 amide bonds. The normalized spacial score (nSPS) is 11.5. The summed E-state index contributed by atoms with van der Waals surface area (Å²) in [6.45, 7) is -1.60. The Hall–Kier alpha value is -3.84. The number of nitrogens with one attached hydrogen (secondary N) is 2. The van der Waals surface area contributed by atoms with E-state index in [2.05, 4.69) is 20.5 Å². The van der Waals surface area contributed by atoms with E-state index in [0.717, 1.165) is 9.20 Å². The molecule has 0 aliphatic heterocycles. The minimum absolute atomic E-state index is 0.0497. The van der Waals surface area contributed by atoms with Gasteiger partial charge in [-0.2, -0.15) is 18.3 Å². The van der Waals surface area contributed by atoms with Crippen LogP contribution >= 0.6 is 23.2 Å². The van der Waals surface area contributed by atoms with Crippen LogP contribution in [-0.4, -0.2) is 56.0 Å². The molecule has 10 nitrogen and oxygen atoms in total. The van der Waals surface area contributed by atoms with Gasteiger partial charge in [-0.1, -0.05) is 23.2 Å². The van der Waals surface area contributed by atoms with Crippen molar-refractivity contribution in [2.75, 3.05) is 19.0 Å². The number of halogens is 5. The summed E-state index contributed by atoms with van der Waals surface area (Å²) in [6, 6.07) is 7.27. The molecule has 182 valence electrons. The van der Waals surface area contributed by atoms with E-state index in [-0.39, 0.29) is 33.1 Å². The topological polar surface area (TPSA) is 115 Å². The Bertz CT molecular complexity index is 1440. The first-order valence-electron chi connectivity index (χ1n) is 9.66. The molecule has 4 aromatic heterocycles. The van der Waals surface area contributed by atoms with Crippen LogP contribution < -0.4 is 15.4 Å². The number of pyridine rings is 2. The maximum atomic E-state index is 13.3. The predicted molar refractivity (Wildman–Crippen MR) is 119 cm³/mol. The zero-order chi connectivity index (χ0) is 25.3. The number of ether oxygens (including phenoxy) is 1. The Morgan fingerprint density at radius 3 is 2.57 bits per heavy atom. The fourth-order valence-corrected chi connectivity index (χ4v) is 3.57. The molecule has 15 heteroatoms. The molecule has 0 spiro atoms. The first-order chi connectivity index (χ1) is 16.6. The van der Waals surface area contributed by atoms with E-state index < -0.39 is 30.2 Å². The molecule has 4 heterocycles. The van der Waals surface area contributed by atoms with Crippen molar-refractivity contribution in [3.8, 4) is 11.7 Å². The first-order valence-corrected chi connectivity index (χ1v) is 10.4. The molecule has 0 aromatic carbocycles. The summed E-state index contributed by atoms with van der Waals surface area (Å²) in [5.74, 6) is -1.83. The molecule has 4 aromatic rings. The summed E-state index contributed by atoms with van der Waals surface area (Å²) >= 11 is 12.5. The average molecular weight is 528 g/mol. The molecule has 4 rings (SSSR count). The molecule has 0 atom stereocenters. The molecule has 0 bridgehead atoms. The fraction of sp³-hybridized carbons (Fsp3) is 0.150. The van der Waals surface area contributed by atoms with Crippen LogP contribution in [0.3, 0.4) is 0 Å². The monoisotopic (exact) mass is 527 g/mol. The summed E-state index contributed by atoms with van der Waals surface area (Å²) in [7, 11) is 1.33. The average Bonchev–Trinajstić information content (AvgIpc) is 3.44. The predicted octanol–water partition coefficient (Wildman–Crippen LogP) is 3.77. The number of hydrogen-bond acceptors (Lipinski definition) is 6. The number of aromatic nitrogens is 5. The molecule has 0 aliphatic rings. The Morgan fingerprint density at radius 1 is 1.11 bits per heavy atom. The molecular weight excluding hydrogens is 514 g/mol. The fourth-order valence-electron chi connectivity index (χ4n) is 3.12. The highest BCUT2D eigenvalue weighted by atomic mass is 35.5. The standard InChI is InChI=1S/C20H14Cl2F3N7O3/c1-35-14-8-13(32(30-14)17-11(21)3-2-5-26-17)18(33)29-15-12(22)7-10-4-6-28-31(10)16(15)19(34)27-9-20(23,24)25/h2-8H,9H2,1H3,(H,27,34)(H,29,33). The van der Waals surface area contributed by atoms with Gasteiger partial charge in [0, 0.05) is 12.3 Å². The van der Waals surface area contributed by atoms with E-state index in [1.54, 1.807) is 11.4 Å². The molecule has 0 radical (unpaired) electrons. The Kier molecular flexibility index (Phi) is 6.54. The summed E-state index contributed by atoms with van der Waals surface area (Å²) in [4.78, 5) is 30.1. The number of methoxy groups -OCH3 is 1. The third kappa shape index (κ3) is 5.00. The molecule has 2 N–H and O–H groups in total. The van der Waals surface area contributed by atoms with Crippen molar-refractivity contribution in [1.29, 1.82) is 0 Å². The van der Waals surface area contributed by atoms with Crippen molar-refractivity contribution < 1.29 is 27.5 Å². The third-order valence-corrected chi connectivity index (χ3v) is 5.20. The lowest BCUT2D eigenvalue weighted by Crippen LogP contribution is -2.35. The van der Waals surface area contributed by atoms with Crippen LogP contribution in [0.5, 0.6) is 5.88 Å². The van der Waals surface area contributed by atoms with E-state index in [9.17, 15) is 22.8 Å². The van der Waals surface area contributed by atoms with Gasteiger partial charge in [-0.05, 0) is 24.3 Å². The zero-order valence-corrected chi connectivity index (χ0v) is 19.1. The van der Waals surface area contributed by atoms with Crippen LogP contribution in [0.15, 0.2) is 42.7 Å². The van der Waals surface area contributed by atoms with Gasteiger partial charge in [-0.15, -0.1) is 5.10 Å². The van der Waals surface area contributed by atoms with Gasteiger partial charge in [-0.3, -0.25) is 9.59 Å². The van der Waals surface area contributed by atoms with Crippen LogP contribution in [0, 0.1) is 0 Å². The van der Waals surface area contributed by atoms with Crippen molar-refractivity contribution in [2.45, 2.75) is 6.18 Å². The smallest absolute Gasteiger partial charge is 0.405 e. The van der Waals surface area contributed by atoms with Gasteiger partial charge in [0.15, 0.2) is 11.5 Å². The van der Waals surface area contributed by atoms with Gasteiger partial charge in [0.25, 0.3) is 11.8 Å². The van der Waals surface area contributed by atoms with Gasteiger partial charge in [0.05, 0.1) is 34.6 Å². The lowest BCUT2D eigenvalue weighted by molar-refractivity contribution is -0.123. The van der Waals surface area contributed by atoms with Gasteiger partial charge in [-0.25, -0.2) is 14.2 Å². The van der Waals surface area contributed by atoms with Gasteiger partial charge in [0.2, 0.25) is 5.88 Å². The second kappa shape index (κ2) is 9.43. The maximum absolute atomic E-state index is 13.3. The molecule has 0 unspecified atom stereocenters. The molecule has 0 aliphatic carbocycles. The number of carbonyl (C=O) groups excluding carboxylic acids is 2. The Balaban J connectivity index is 1.77. The van der Waals surface area contributed by atoms with Crippen LogP contribution in [-0.2, 0) is 0 Å². The summed E-state index contributed by atoms with van der Waals surface area (Å²) in [5, 5.41) is 12.4. The minimum Gasteiger partial charge on any atom is -0.480 e. The maximum Gasteiger partial charge on any atom is 0.405 e. The second-order valence-corrected chi connectivity index (χ2v) is 7.74. The number of alkyl halides is 3. The number of hydrogen-bond donors (Lipinski definition) is 2. The lowest BCUT2D eigenvalue weighted by Gasteiger charge is -2.16. The third-order valence-electron chi connectivity index (χ3n) is 4.61. The van der Waals surface area contributed by atoms with Crippen LogP contribution in [0.25, 0.3) is 11.3 Å². The number of rotatable bonds is 6. The van der Waals surface area contributed by atoms with Crippen molar-refractivity contribution in [2.24, 2.45) is 0 Å². The number of anilines is 1. The summed E-state index contributed by atoms with van der Waals surface area (Å²) < 4.78 is 45.4. The van der Waals surface area contributed by atoms with E-state index in [1.165, 1.54) is 43.8 Å². The molecule has 35 heavy (non-hydrogen) atoms. The number of nitrogens with zero attached hydrogens (tertiary/aromatic N) is 5. The van der Waals surface area contributed by atoms with Crippen molar-refractivity contribution in [3.63, 3.8) is 0 Å². The molecule has 0 saturated carbocycles. The van der Waals surface area contributed by atoms with Crippen molar-refractivity contribution in [1.82, 2.24) is 29.7 Å². The lowest BCUT2D eigenvalue weighted by atomic mass is 10.2. The van der Waals surface area contributed by atoms with E-state index in [1.807, 2.05) is 0 Å². The summed E-state index contributed by atoms with van der Waals surface area (Å²) in [6.07, 6.45) is -1.91. The van der Waals surface area contributed by atoms with E-state index >= 15 is 0 Å². The van der Waals surface area contributed by atoms with Crippen LogP contribution in [0.1, 0.15) is 21.0 Å². The van der Waals surface area contributed by atoms with Gasteiger partial charge in [0.1, 0.15) is 12.2 Å².